The number of imide groups is 1. The molecule has 0 aliphatic carbocycles. The molecule has 1 aliphatic heterocycles. The van der Waals surface area contributed by atoms with Gasteiger partial charge >= 0.3 is 0 Å². The quantitative estimate of drug-likeness (QED) is 0.625. The highest BCUT2D eigenvalue weighted by Gasteiger charge is 2.35. The normalized spacial score (nSPS) is 13.0. The van der Waals surface area contributed by atoms with E-state index in [0.717, 1.165) is 16.2 Å². The van der Waals surface area contributed by atoms with Gasteiger partial charge < -0.3 is 0 Å². The van der Waals surface area contributed by atoms with E-state index in [0.29, 0.717) is 31.3 Å². The summed E-state index contributed by atoms with van der Waals surface area (Å²) < 4.78 is 0.665. The minimum atomic E-state index is -0.357. The molecule has 0 atom stereocenters. The molecule has 1 aliphatic rings. The molecule has 7 nitrogen and oxygen atoms in total. The Morgan fingerprint density at radius 2 is 1.63 bits per heavy atom. The lowest BCUT2D eigenvalue weighted by Gasteiger charge is -2.10. The average molecular weight is 443 g/mol. The van der Waals surface area contributed by atoms with Crippen molar-refractivity contribution in [1.82, 2.24) is 15.1 Å². The third-order valence-corrected chi connectivity index (χ3v) is 5.49. The molecule has 0 fully saturated rings. The highest BCUT2D eigenvalue weighted by Crippen LogP contribution is 2.26. The van der Waals surface area contributed by atoms with E-state index >= 15 is 0 Å². The smallest absolute Gasteiger partial charge is 0.261 e. The number of amides is 3. The number of halogens is 1. The number of nitrogens with one attached hydrogen (secondary N) is 1. The van der Waals surface area contributed by atoms with Crippen LogP contribution >= 0.6 is 27.3 Å². The molecular weight excluding hydrogens is 432 g/mol. The number of fused-ring (bicyclic) bond motifs is 1. The third kappa shape index (κ3) is 3.26. The molecule has 9 heteroatoms. The van der Waals surface area contributed by atoms with Crippen molar-refractivity contribution in [2.24, 2.45) is 0 Å². The summed E-state index contributed by atoms with van der Waals surface area (Å²) in [6.07, 6.45) is 0. The molecule has 27 heavy (non-hydrogen) atoms. The maximum atomic E-state index is 12.4. The van der Waals surface area contributed by atoms with Gasteiger partial charge in [0.05, 0.1) is 23.2 Å². The van der Waals surface area contributed by atoms with E-state index in [2.05, 4.69) is 31.4 Å². The van der Waals surface area contributed by atoms with Crippen molar-refractivity contribution in [3.63, 3.8) is 0 Å². The summed E-state index contributed by atoms with van der Waals surface area (Å²) in [5.74, 6) is -1.04. The molecule has 0 bridgehead atoms. The fourth-order valence-electron chi connectivity index (χ4n) is 2.70. The first kappa shape index (κ1) is 17.5. The number of carbonyl (C=O) groups is 3. The highest BCUT2D eigenvalue weighted by atomic mass is 79.9. The second kappa shape index (κ2) is 7.01. The molecule has 0 saturated heterocycles. The van der Waals surface area contributed by atoms with Crippen LogP contribution in [0, 0.1) is 0 Å². The van der Waals surface area contributed by atoms with E-state index < -0.39 is 0 Å². The predicted octanol–water partition coefficient (Wildman–Crippen LogP) is 3.35. The molecule has 4 rings (SSSR count). The van der Waals surface area contributed by atoms with Gasteiger partial charge in [-0.15, -0.1) is 10.2 Å². The van der Waals surface area contributed by atoms with Crippen LogP contribution in [0.15, 0.2) is 53.0 Å². The molecular formula is C18H11BrN4O3S. The molecule has 3 aromatic rings. The first-order chi connectivity index (χ1) is 13.0. The van der Waals surface area contributed by atoms with E-state index in [-0.39, 0.29) is 24.3 Å². The first-order valence-corrected chi connectivity index (χ1v) is 9.49. The molecule has 1 aromatic heterocycles. The van der Waals surface area contributed by atoms with Crippen LogP contribution < -0.4 is 5.32 Å². The van der Waals surface area contributed by atoms with Gasteiger partial charge in [-0.3, -0.25) is 24.6 Å². The SMILES string of the molecule is O=C(Nc1nnc(CN2C(=O)c3ccccc3C2=O)s1)c1ccccc1Br. The standard InChI is InChI=1S/C18H11BrN4O3S/c19-13-8-4-3-7-12(13)15(24)20-18-22-21-14(27-18)9-23-16(25)10-5-1-2-6-11(10)17(23)26/h1-8H,9H2,(H,20,22,24). The van der Waals surface area contributed by atoms with E-state index in [1.165, 1.54) is 0 Å². The zero-order chi connectivity index (χ0) is 19.0. The maximum absolute atomic E-state index is 12.4. The van der Waals surface area contributed by atoms with Crippen LogP contribution in [-0.2, 0) is 6.54 Å². The Labute approximate surface area is 166 Å². The molecule has 2 heterocycles. The Hall–Kier alpha value is -2.91. The number of benzene rings is 2. The van der Waals surface area contributed by atoms with Crippen molar-refractivity contribution in [3.05, 3.63) is 74.7 Å². The lowest BCUT2D eigenvalue weighted by molar-refractivity contribution is 0.0641. The van der Waals surface area contributed by atoms with Gasteiger partial charge in [-0.05, 0) is 40.2 Å². The molecule has 2 aromatic carbocycles. The Bertz CT molecular complexity index is 1050. The van der Waals surface area contributed by atoms with Crippen LogP contribution in [0.25, 0.3) is 0 Å². The van der Waals surface area contributed by atoms with Crippen LogP contribution in [0.5, 0.6) is 0 Å². The summed E-state index contributed by atoms with van der Waals surface area (Å²) in [6, 6.07) is 13.7. The van der Waals surface area contributed by atoms with Crippen LogP contribution in [0.1, 0.15) is 36.1 Å². The zero-order valence-corrected chi connectivity index (χ0v) is 16.1. The largest absolute Gasteiger partial charge is 0.296 e. The van der Waals surface area contributed by atoms with Crippen molar-refractivity contribution in [2.45, 2.75) is 6.54 Å². The second-order valence-corrected chi connectivity index (χ2v) is 7.59. The van der Waals surface area contributed by atoms with Gasteiger partial charge in [0.2, 0.25) is 5.13 Å². The summed E-state index contributed by atoms with van der Waals surface area (Å²) in [7, 11) is 0. The summed E-state index contributed by atoms with van der Waals surface area (Å²) >= 11 is 4.44. The fourth-order valence-corrected chi connectivity index (χ4v) is 3.88. The lowest BCUT2D eigenvalue weighted by atomic mass is 10.1. The Kier molecular flexibility index (Phi) is 4.54. The average Bonchev–Trinajstić information content (AvgIpc) is 3.21. The second-order valence-electron chi connectivity index (χ2n) is 5.68. The van der Waals surface area contributed by atoms with Gasteiger partial charge in [0.25, 0.3) is 17.7 Å². The van der Waals surface area contributed by atoms with Gasteiger partial charge in [0.15, 0.2) is 0 Å². The monoisotopic (exact) mass is 442 g/mol. The Balaban J connectivity index is 1.48. The molecule has 134 valence electrons. The van der Waals surface area contributed by atoms with E-state index in [4.69, 9.17) is 0 Å². The molecule has 1 N–H and O–H groups in total. The predicted molar refractivity (Wildman–Crippen MR) is 103 cm³/mol. The summed E-state index contributed by atoms with van der Waals surface area (Å²) in [6.45, 7) is 0.00884. The minimum absolute atomic E-state index is 0.00884. The molecule has 3 amide bonds. The zero-order valence-electron chi connectivity index (χ0n) is 13.7. The summed E-state index contributed by atoms with van der Waals surface area (Å²) in [4.78, 5) is 38.3. The number of nitrogens with zero attached hydrogens (tertiary/aromatic N) is 3. The maximum Gasteiger partial charge on any atom is 0.261 e. The molecule has 0 spiro atoms. The van der Waals surface area contributed by atoms with Crippen molar-refractivity contribution in [3.8, 4) is 0 Å². The number of hydrogen-bond donors (Lipinski definition) is 1. The van der Waals surface area contributed by atoms with Gasteiger partial charge in [-0.2, -0.15) is 0 Å². The summed E-state index contributed by atoms with van der Waals surface area (Å²) in [5, 5.41) is 11.3. The van der Waals surface area contributed by atoms with Crippen LogP contribution in [-0.4, -0.2) is 32.8 Å². The molecule has 0 radical (unpaired) electrons. The van der Waals surface area contributed by atoms with Crippen molar-refractivity contribution in [1.29, 1.82) is 0 Å². The lowest BCUT2D eigenvalue weighted by Crippen LogP contribution is -2.29. The Morgan fingerprint density at radius 1 is 1.00 bits per heavy atom. The van der Waals surface area contributed by atoms with Gasteiger partial charge in [-0.1, -0.05) is 35.6 Å². The molecule has 0 unspecified atom stereocenters. The van der Waals surface area contributed by atoms with E-state index in [1.807, 2.05) is 6.07 Å². The molecule has 0 saturated carbocycles. The topological polar surface area (TPSA) is 92.3 Å². The van der Waals surface area contributed by atoms with Crippen molar-refractivity contribution in [2.75, 3.05) is 5.32 Å². The van der Waals surface area contributed by atoms with Crippen molar-refractivity contribution < 1.29 is 14.4 Å². The Morgan fingerprint density at radius 3 is 2.30 bits per heavy atom. The number of hydrogen-bond acceptors (Lipinski definition) is 6. The fraction of sp³-hybridized carbons (Fsp3) is 0.0556. The highest BCUT2D eigenvalue weighted by molar-refractivity contribution is 9.10. The van der Waals surface area contributed by atoms with Crippen LogP contribution in [0.2, 0.25) is 0 Å². The van der Waals surface area contributed by atoms with E-state index in [1.54, 1.807) is 42.5 Å². The van der Waals surface area contributed by atoms with E-state index in [9.17, 15) is 14.4 Å². The minimum Gasteiger partial charge on any atom is -0.296 e. The van der Waals surface area contributed by atoms with Gasteiger partial charge in [0, 0.05) is 4.47 Å². The third-order valence-electron chi connectivity index (χ3n) is 3.98. The van der Waals surface area contributed by atoms with Gasteiger partial charge in [0.1, 0.15) is 5.01 Å². The number of rotatable bonds is 4. The first-order valence-electron chi connectivity index (χ1n) is 7.88. The number of carbonyl (C=O) groups excluding carboxylic acids is 3. The van der Waals surface area contributed by atoms with Crippen LogP contribution in [0.4, 0.5) is 5.13 Å². The number of anilines is 1. The van der Waals surface area contributed by atoms with Crippen molar-refractivity contribution >= 4 is 50.1 Å². The van der Waals surface area contributed by atoms with Gasteiger partial charge in [-0.25, -0.2) is 0 Å². The van der Waals surface area contributed by atoms with Crippen LogP contribution in [0.3, 0.4) is 0 Å². The number of aromatic nitrogens is 2. The summed E-state index contributed by atoms with van der Waals surface area (Å²) in [5.41, 5.74) is 1.23.